The molecule has 2 fully saturated rings. The van der Waals surface area contributed by atoms with E-state index < -0.39 is 52.2 Å². The minimum absolute atomic E-state index is 0.00426. The maximum Gasteiger partial charge on any atom is 0.313 e. The average Bonchev–Trinajstić information content (AvgIpc) is 2.98. The molecule has 0 bridgehead atoms. The first kappa shape index (κ1) is 25.4. The van der Waals surface area contributed by atoms with E-state index in [0.717, 1.165) is 0 Å². The first-order chi connectivity index (χ1) is 15.0. The second-order valence-corrected chi connectivity index (χ2v) is 11.6. The summed E-state index contributed by atoms with van der Waals surface area (Å²) in [6.07, 6.45) is 0.00426. The van der Waals surface area contributed by atoms with Crippen molar-refractivity contribution in [3.8, 4) is 0 Å². The van der Waals surface area contributed by atoms with Gasteiger partial charge in [-0.05, 0) is 66.2 Å². The number of thiocarbonyl (C=S) groups is 1. The molecule has 1 spiro atoms. The van der Waals surface area contributed by atoms with Gasteiger partial charge in [0, 0.05) is 12.3 Å². The number of hydrogen-bond donors (Lipinski definition) is 4. The number of rotatable bonds is 3. The highest BCUT2D eigenvalue weighted by Crippen LogP contribution is 2.52. The van der Waals surface area contributed by atoms with Gasteiger partial charge in [0.05, 0.1) is 11.5 Å². The quantitative estimate of drug-likeness (QED) is 0.386. The molecule has 0 aromatic heterocycles. The third-order valence-corrected chi connectivity index (χ3v) is 6.00. The van der Waals surface area contributed by atoms with Gasteiger partial charge in [0.2, 0.25) is 0 Å². The maximum absolute atomic E-state index is 13.7. The van der Waals surface area contributed by atoms with E-state index >= 15 is 0 Å². The second-order valence-electron chi connectivity index (χ2n) is 11.2. The topological polar surface area (TPSA) is 109 Å². The third-order valence-electron chi connectivity index (χ3n) is 5.80. The fourth-order valence-corrected chi connectivity index (χ4v) is 5.12. The van der Waals surface area contributed by atoms with Crippen molar-refractivity contribution in [1.29, 1.82) is 0 Å². The van der Waals surface area contributed by atoms with Gasteiger partial charge in [0.25, 0.3) is 0 Å². The third kappa shape index (κ3) is 5.47. The first-order valence-electron chi connectivity index (χ1n) is 11.1. The zero-order valence-corrected chi connectivity index (χ0v) is 21.1. The van der Waals surface area contributed by atoms with Crippen LogP contribution in [0.1, 0.15) is 66.4 Å². The predicted octanol–water partition coefficient (Wildman–Crippen LogP) is 2.52. The fraction of sp³-hybridized carbons (Fsp3) is 0.625. The van der Waals surface area contributed by atoms with Gasteiger partial charge in [-0.3, -0.25) is 15.0 Å². The molecule has 2 aliphatic rings. The normalized spacial score (nSPS) is 32.1. The summed E-state index contributed by atoms with van der Waals surface area (Å²) in [5, 5.41) is 15.1. The molecule has 33 heavy (non-hydrogen) atoms. The molecule has 0 amide bonds. The van der Waals surface area contributed by atoms with Crippen molar-refractivity contribution < 1.29 is 24.2 Å². The molecule has 1 aromatic rings. The summed E-state index contributed by atoms with van der Waals surface area (Å²) in [5.41, 5.74) is 2.41. The van der Waals surface area contributed by atoms with Crippen molar-refractivity contribution in [3.05, 3.63) is 35.9 Å². The Labute approximate surface area is 200 Å². The van der Waals surface area contributed by atoms with Crippen LogP contribution in [-0.2, 0) is 19.1 Å². The van der Waals surface area contributed by atoms with E-state index in [1.54, 1.807) is 48.5 Å². The summed E-state index contributed by atoms with van der Waals surface area (Å²) in [7, 11) is 0. The van der Waals surface area contributed by atoms with Crippen LogP contribution in [0.25, 0.3) is 0 Å². The molecule has 1 saturated carbocycles. The van der Waals surface area contributed by atoms with E-state index in [1.807, 2.05) is 30.3 Å². The molecule has 182 valence electrons. The van der Waals surface area contributed by atoms with Crippen molar-refractivity contribution in [2.24, 2.45) is 11.8 Å². The Morgan fingerprint density at radius 2 is 1.52 bits per heavy atom. The van der Waals surface area contributed by atoms with Crippen LogP contribution < -0.4 is 16.2 Å². The first-order valence-corrected chi connectivity index (χ1v) is 11.5. The van der Waals surface area contributed by atoms with Crippen LogP contribution in [0.5, 0.6) is 0 Å². The highest BCUT2D eigenvalue weighted by Gasteiger charge is 2.65. The lowest BCUT2D eigenvalue weighted by atomic mass is 9.58. The zero-order valence-electron chi connectivity index (χ0n) is 20.3. The summed E-state index contributed by atoms with van der Waals surface area (Å²) in [5.74, 6) is -3.78. The fourth-order valence-electron chi connectivity index (χ4n) is 4.89. The maximum atomic E-state index is 13.7. The smallest absolute Gasteiger partial charge is 0.313 e. The van der Waals surface area contributed by atoms with Gasteiger partial charge in [-0.15, -0.1) is 0 Å². The van der Waals surface area contributed by atoms with Gasteiger partial charge in [-0.2, -0.15) is 0 Å². The summed E-state index contributed by atoms with van der Waals surface area (Å²) in [4.78, 5) is 27.2. The van der Waals surface area contributed by atoms with Crippen LogP contribution in [0.4, 0.5) is 0 Å². The molecule has 3 rings (SSSR count). The van der Waals surface area contributed by atoms with E-state index in [4.69, 9.17) is 21.7 Å². The van der Waals surface area contributed by atoms with E-state index in [9.17, 15) is 14.7 Å². The van der Waals surface area contributed by atoms with Crippen LogP contribution in [0.3, 0.4) is 0 Å². The number of nitrogens with one attached hydrogen (secondary N) is 3. The summed E-state index contributed by atoms with van der Waals surface area (Å²) in [6.45, 7) is 12.3. The van der Waals surface area contributed by atoms with Gasteiger partial charge in [-0.1, -0.05) is 30.3 Å². The Morgan fingerprint density at radius 3 is 1.97 bits per heavy atom. The second kappa shape index (κ2) is 8.52. The largest absolute Gasteiger partial charge is 0.460 e. The molecule has 9 heteroatoms. The Bertz CT molecular complexity index is 922. The summed E-state index contributed by atoms with van der Waals surface area (Å²) >= 11 is 5.29. The Hall–Kier alpha value is -2.23. The van der Waals surface area contributed by atoms with Crippen molar-refractivity contribution in [1.82, 2.24) is 16.2 Å². The lowest BCUT2D eigenvalue weighted by molar-refractivity contribution is -0.190. The molecule has 0 unspecified atom stereocenters. The van der Waals surface area contributed by atoms with E-state index in [0.29, 0.717) is 10.7 Å². The highest BCUT2D eigenvalue weighted by molar-refractivity contribution is 7.80. The summed E-state index contributed by atoms with van der Waals surface area (Å²) in [6, 6.07) is 9.21. The lowest BCUT2D eigenvalue weighted by Gasteiger charge is -2.53. The van der Waals surface area contributed by atoms with Gasteiger partial charge in [-0.25, -0.2) is 5.43 Å². The lowest BCUT2D eigenvalue weighted by Crippen LogP contribution is -2.70. The van der Waals surface area contributed by atoms with Crippen molar-refractivity contribution in [3.63, 3.8) is 0 Å². The van der Waals surface area contributed by atoms with Gasteiger partial charge in [0.15, 0.2) is 5.11 Å². The Kier molecular flexibility index (Phi) is 6.56. The minimum atomic E-state index is -1.54. The average molecular weight is 478 g/mol. The molecule has 1 aromatic carbocycles. The monoisotopic (exact) mass is 477 g/mol. The predicted molar refractivity (Wildman–Crippen MR) is 128 cm³/mol. The molecule has 1 aliphatic carbocycles. The zero-order chi connectivity index (χ0) is 24.8. The molecular formula is C24H35N3O5S. The van der Waals surface area contributed by atoms with Crippen LogP contribution in [0.2, 0.25) is 0 Å². The number of hydrazine groups is 1. The van der Waals surface area contributed by atoms with E-state index in [1.165, 1.54) is 0 Å². The van der Waals surface area contributed by atoms with Crippen molar-refractivity contribution >= 4 is 29.3 Å². The molecule has 1 aliphatic heterocycles. The molecule has 1 saturated heterocycles. The van der Waals surface area contributed by atoms with Gasteiger partial charge >= 0.3 is 11.9 Å². The van der Waals surface area contributed by atoms with Crippen LogP contribution in [-0.4, -0.2) is 44.6 Å². The molecule has 5 atom stereocenters. The molecule has 4 N–H and O–H groups in total. The molecule has 8 nitrogen and oxygen atoms in total. The van der Waals surface area contributed by atoms with Gasteiger partial charge < -0.3 is 19.9 Å². The highest BCUT2D eigenvalue weighted by atomic mass is 32.1. The number of benzene rings is 1. The minimum Gasteiger partial charge on any atom is -0.460 e. The Morgan fingerprint density at radius 1 is 1.00 bits per heavy atom. The SMILES string of the molecule is CC(C)(C)OC(=O)[C@@H]1[C@H](c2ccccc2)[C@H](C(=O)OC(C)(C)C)[C@@]2(C[C@]1(C)O)NNC(=S)N2. The molecule has 0 radical (unpaired) electrons. The van der Waals surface area contributed by atoms with Crippen LogP contribution in [0.15, 0.2) is 30.3 Å². The van der Waals surface area contributed by atoms with E-state index in [-0.39, 0.29) is 6.42 Å². The molecular weight excluding hydrogens is 442 g/mol. The number of aliphatic hydroxyl groups is 1. The van der Waals surface area contributed by atoms with Crippen LogP contribution >= 0.6 is 12.2 Å². The van der Waals surface area contributed by atoms with E-state index in [2.05, 4.69) is 16.2 Å². The van der Waals surface area contributed by atoms with Gasteiger partial charge in [0.1, 0.15) is 22.8 Å². The number of carbonyl (C=O) groups is 2. The summed E-state index contributed by atoms with van der Waals surface area (Å²) < 4.78 is 11.6. The van der Waals surface area contributed by atoms with Crippen molar-refractivity contribution in [2.45, 2.75) is 83.3 Å². The number of hydrogen-bond acceptors (Lipinski definition) is 7. The number of ether oxygens (including phenoxy) is 2. The van der Waals surface area contributed by atoms with Crippen molar-refractivity contribution in [2.75, 3.05) is 0 Å². The Balaban J connectivity index is 2.21. The standard InChI is InChI=1S/C24H35N3O5S/c1-21(2,3)31-18(28)16-15(14-11-9-8-10-12-14)17(19(29)32-22(4,5)6)24(13-23(16,7)30)25-20(33)26-27-24/h8-12,15-17,27,30H,13H2,1-7H3,(H2,25,26,33)/t15-,16-,17+,23-,24+/m0/s1. The van der Waals surface area contributed by atoms with Crippen LogP contribution in [0, 0.1) is 11.8 Å². The molecule has 1 heterocycles. The number of esters is 2. The number of carbonyl (C=O) groups excluding carboxylic acids is 2.